The van der Waals surface area contributed by atoms with Crippen molar-refractivity contribution in [3.8, 4) is 0 Å². The Bertz CT molecular complexity index is 437. The number of hydrogen-bond acceptors (Lipinski definition) is 1. The molecule has 0 amide bonds. The van der Waals surface area contributed by atoms with Crippen LogP contribution in [0.15, 0.2) is 60.8 Å². The fourth-order valence-electron chi connectivity index (χ4n) is 2.92. The van der Waals surface area contributed by atoms with Gasteiger partial charge in [0.15, 0.2) is 0 Å². The quantitative estimate of drug-likeness (QED) is 0.265. The third-order valence-corrected chi connectivity index (χ3v) is 5.20. The molecule has 0 aliphatic rings. The van der Waals surface area contributed by atoms with Gasteiger partial charge in [0.2, 0.25) is 0 Å². The van der Waals surface area contributed by atoms with Gasteiger partial charge in [0.1, 0.15) is 0 Å². The Morgan fingerprint density at radius 1 is 1.00 bits per heavy atom. The summed E-state index contributed by atoms with van der Waals surface area (Å²) in [5.74, 6) is 1.05. The van der Waals surface area contributed by atoms with Crippen LogP contribution in [0, 0.1) is 11.8 Å². The highest BCUT2D eigenvalue weighted by Gasteiger charge is 2.18. The van der Waals surface area contributed by atoms with Crippen LogP contribution in [-0.2, 0) is 0 Å². The van der Waals surface area contributed by atoms with Crippen molar-refractivity contribution >= 4 is 11.8 Å². The molecule has 23 heavy (non-hydrogen) atoms. The highest BCUT2D eigenvalue weighted by Crippen LogP contribution is 2.31. The van der Waals surface area contributed by atoms with Crippen molar-refractivity contribution in [3.63, 3.8) is 0 Å². The van der Waals surface area contributed by atoms with Crippen molar-refractivity contribution in [2.24, 2.45) is 11.8 Å². The lowest BCUT2D eigenvalue weighted by Gasteiger charge is -2.25. The van der Waals surface area contributed by atoms with E-state index in [9.17, 15) is 0 Å². The molecule has 0 aliphatic heterocycles. The van der Waals surface area contributed by atoms with E-state index in [4.69, 9.17) is 0 Å². The largest absolute Gasteiger partial charge is 0.162 e. The van der Waals surface area contributed by atoms with Crippen LogP contribution in [0.1, 0.15) is 53.4 Å². The summed E-state index contributed by atoms with van der Waals surface area (Å²) in [5.41, 5.74) is 5.08. The second kappa shape index (κ2) is 11.6. The Morgan fingerprint density at radius 3 is 1.91 bits per heavy atom. The number of thioether (sulfide) groups is 1. The predicted octanol–water partition coefficient (Wildman–Crippen LogP) is 7.37. The maximum Gasteiger partial charge on any atom is 0.00844 e. The van der Waals surface area contributed by atoms with Crippen LogP contribution in [-0.4, -0.2) is 11.5 Å². The Kier molecular flexibility index (Phi) is 11.1. The molecule has 2 atom stereocenters. The van der Waals surface area contributed by atoms with E-state index >= 15 is 0 Å². The van der Waals surface area contributed by atoms with Crippen LogP contribution in [0.3, 0.4) is 0 Å². The van der Waals surface area contributed by atoms with Crippen LogP contribution in [0.5, 0.6) is 0 Å². The van der Waals surface area contributed by atoms with Crippen molar-refractivity contribution in [3.05, 3.63) is 60.8 Å². The van der Waals surface area contributed by atoms with Gasteiger partial charge in [0, 0.05) is 5.25 Å². The van der Waals surface area contributed by atoms with Crippen molar-refractivity contribution < 1.29 is 0 Å². The summed E-state index contributed by atoms with van der Waals surface area (Å²) in [5, 5.41) is 0.617. The Morgan fingerprint density at radius 2 is 1.52 bits per heavy atom. The van der Waals surface area contributed by atoms with Crippen molar-refractivity contribution in [2.75, 3.05) is 6.26 Å². The minimum atomic E-state index is 0.406. The van der Waals surface area contributed by atoms with Gasteiger partial charge in [-0.05, 0) is 64.5 Å². The van der Waals surface area contributed by atoms with E-state index in [0.717, 1.165) is 19.3 Å². The SMILES string of the molecule is C=C/C(C)=C/[C@@H](C)C(=C)CC(CC(CC(=C)C)CC(=C)C)SC. The molecule has 1 unspecified atom stereocenters. The van der Waals surface area contributed by atoms with E-state index in [1.54, 1.807) is 0 Å². The maximum atomic E-state index is 4.33. The summed E-state index contributed by atoms with van der Waals surface area (Å²) in [4.78, 5) is 0. The molecule has 0 N–H and O–H groups in total. The van der Waals surface area contributed by atoms with Gasteiger partial charge in [0.05, 0.1) is 0 Å². The lowest BCUT2D eigenvalue weighted by Crippen LogP contribution is -2.14. The number of allylic oxidation sites excluding steroid dienone is 6. The molecule has 0 aromatic heterocycles. The molecule has 0 aromatic rings. The average Bonchev–Trinajstić information content (AvgIpc) is 2.44. The Hall–Kier alpha value is -0.950. The van der Waals surface area contributed by atoms with Crippen LogP contribution in [0.4, 0.5) is 0 Å². The van der Waals surface area contributed by atoms with Crippen molar-refractivity contribution in [1.82, 2.24) is 0 Å². The number of hydrogen-bond donors (Lipinski definition) is 0. The van der Waals surface area contributed by atoms with Crippen molar-refractivity contribution in [1.29, 1.82) is 0 Å². The van der Waals surface area contributed by atoms with Crippen LogP contribution >= 0.6 is 11.8 Å². The molecule has 0 spiro atoms. The molecule has 0 aromatic carbocycles. The fourth-order valence-corrected chi connectivity index (χ4v) is 3.76. The normalized spacial score (nSPS) is 14.4. The molecule has 0 radical (unpaired) electrons. The molecule has 0 fully saturated rings. The van der Waals surface area contributed by atoms with Gasteiger partial charge in [-0.15, -0.1) is 13.2 Å². The molecule has 0 nitrogen and oxygen atoms in total. The second-order valence-corrected chi connectivity index (χ2v) is 8.19. The first kappa shape index (κ1) is 22.1. The van der Waals surface area contributed by atoms with Gasteiger partial charge in [0.25, 0.3) is 0 Å². The van der Waals surface area contributed by atoms with Crippen LogP contribution in [0.2, 0.25) is 0 Å². The predicted molar refractivity (Wildman–Crippen MR) is 111 cm³/mol. The molecular weight excluding hydrogens is 296 g/mol. The van der Waals surface area contributed by atoms with E-state index in [0.29, 0.717) is 17.1 Å². The molecule has 0 saturated heterocycles. The maximum absolute atomic E-state index is 4.33. The third-order valence-electron chi connectivity index (χ3n) is 4.17. The first-order chi connectivity index (χ1) is 10.7. The van der Waals surface area contributed by atoms with Gasteiger partial charge in [-0.3, -0.25) is 0 Å². The summed E-state index contributed by atoms with van der Waals surface area (Å²) >= 11 is 1.96. The highest BCUT2D eigenvalue weighted by atomic mass is 32.2. The smallest absolute Gasteiger partial charge is 0.00844 e. The third kappa shape index (κ3) is 10.4. The highest BCUT2D eigenvalue weighted by molar-refractivity contribution is 7.99. The van der Waals surface area contributed by atoms with Crippen molar-refractivity contribution in [2.45, 2.75) is 58.6 Å². The first-order valence-corrected chi connectivity index (χ1v) is 9.78. The minimum absolute atomic E-state index is 0.406. The van der Waals surface area contributed by atoms with Crippen LogP contribution < -0.4 is 0 Å². The molecule has 0 saturated carbocycles. The molecule has 1 heteroatoms. The van der Waals surface area contributed by atoms with Gasteiger partial charge in [-0.2, -0.15) is 11.8 Å². The zero-order valence-corrected chi connectivity index (χ0v) is 16.8. The monoisotopic (exact) mass is 332 g/mol. The van der Waals surface area contributed by atoms with Gasteiger partial charge in [-0.25, -0.2) is 0 Å². The summed E-state index contributed by atoms with van der Waals surface area (Å²) in [6.07, 6.45) is 10.9. The van der Waals surface area contributed by atoms with Gasteiger partial charge in [-0.1, -0.05) is 54.5 Å². The second-order valence-electron chi connectivity index (χ2n) is 7.05. The number of rotatable bonds is 12. The fraction of sp³-hybridized carbons (Fsp3) is 0.545. The van der Waals surface area contributed by atoms with E-state index in [1.807, 2.05) is 17.8 Å². The topological polar surface area (TPSA) is 0 Å². The van der Waals surface area contributed by atoms with E-state index in [1.165, 1.54) is 28.7 Å². The lowest BCUT2D eigenvalue weighted by molar-refractivity contribution is 0.465. The van der Waals surface area contributed by atoms with E-state index < -0.39 is 0 Å². The van der Waals surface area contributed by atoms with E-state index in [2.05, 4.69) is 66.3 Å². The zero-order chi connectivity index (χ0) is 18.0. The summed E-state index contributed by atoms with van der Waals surface area (Å²) in [6, 6.07) is 0. The van der Waals surface area contributed by atoms with Crippen LogP contribution in [0.25, 0.3) is 0 Å². The minimum Gasteiger partial charge on any atom is -0.162 e. The summed E-state index contributed by atoms with van der Waals surface area (Å²) < 4.78 is 0. The Labute approximate surface area is 149 Å². The summed E-state index contributed by atoms with van der Waals surface area (Å²) in [7, 11) is 0. The molecule has 0 bridgehead atoms. The van der Waals surface area contributed by atoms with Gasteiger partial charge < -0.3 is 0 Å². The molecular formula is C22H36S. The van der Waals surface area contributed by atoms with E-state index in [-0.39, 0.29) is 0 Å². The Balaban J connectivity index is 4.78. The van der Waals surface area contributed by atoms with Gasteiger partial charge >= 0.3 is 0 Å². The standard InChI is InChI=1S/C22H36S/c1-10-18(6)13-19(7)20(8)14-22(23-9)15-21(11-16(2)3)12-17(4)5/h10,13,19,21-22H,1-2,4,8,11-12,14-15H2,3,5-7,9H3/b18-13+/t19-,22?/m1/s1. The molecule has 130 valence electrons. The molecule has 0 aliphatic carbocycles. The first-order valence-electron chi connectivity index (χ1n) is 8.49. The molecule has 0 heterocycles. The average molecular weight is 333 g/mol. The zero-order valence-electron chi connectivity index (χ0n) is 16.0. The summed E-state index contributed by atoms with van der Waals surface area (Å²) in [6.45, 7) is 24.9. The molecule has 0 rings (SSSR count). The lowest BCUT2D eigenvalue weighted by atomic mass is 9.87.